The van der Waals surface area contributed by atoms with Crippen LogP contribution in [0.1, 0.15) is 26.7 Å². The Kier molecular flexibility index (Phi) is 7.15. The van der Waals surface area contributed by atoms with Gasteiger partial charge in [0.1, 0.15) is 0 Å². The topological polar surface area (TPSA) is 73.0 Å². The number of hydrogen-bond donors (Lipinski definition) is 1. The highest BCUT2D eigenvalue weighted by atomic mass is 16.2. The van der Waals surface area contributed by atoms with E-state index >= 15 is 0 Å². The molecule has 7 heteroatoms. The summed E-state index contributed by atoms with van der Waals surface area (Å²) in [4.78, 5) is 41.6. The summed E-state index contributed by atoms with van der Waals surface area (Å²) in [6.45, 7) is 6.16. The van der Waals surface area contributed by atoms with Gasteiger partial charge in [-0.1, -0.05) is 12.1 Å². The minimum absolute atomic E-state index is 0.00774. The third-order valence-electron chi connectivity index (χ3n) is 4.48. The van der Waals surface area contributed by atoms with Crippen molar-refractivity contribution in [1.82, 2.24) is 9.80 Å². The van der Waals surface area contributed by atoms with Gasteiger partial charge < -0.3 is 15.1 Å². The number of carbonyl (C=O) groups is 3. The van der Waals surface area contributed by atoms with E-state index in [0.717, 1.165) is 12.1 Å². The van der Waals surface area contributed by atoms with Crippen molar-refractivity contribution in [1.29, 1.82) is 0 Å². The van der Waals surface area contributed by atoms with E-state index in [1.807, 2.05) is 32.0 Å². The van der Waals surface area contributed by atoms with E-state index in [9.17, 15) is 14.4 Å². The van der Waals surface area contributed by atoms with Crippen LogP contribution in [0, 0.1) is 0 Å². The molecule has 1 aromatic rings. The Balaban J connectivity index is 1.96. The molecule has 0 radical (unpaired) electrons. The molecule has 1 fully saturated rings. The van der Waals surface area contributed by atoms with Gasteiger partial charge in [0.2, 0.25) is 17.7 Å². The van der Waals surface area contributed by atoms with Gasteiger partial charge in [0.05, 0.1) is 24.5 Å². The Morgan fingerprint density at radius 2 is 1.85 bits per heavy atom. The van der Waals surface area contributed by atoms with Gasteiger partial charge in [0.15, 0.2) is 0 Å². The van der Waals surface area contributed by atoms with Crippen molar-refractivity contribution < 1.29 is 14.4 Å². The second-order valence-electron chi connectivity index (χ2n) is 6.45. The largest absolute Gasteiger partial charge is 0.342 e. The van der Waals surface area contributed by atoms with Gasteiger partial charge >= 0.3 is 0 Å². The smallest absolute Gasteiger partial charge is 0.238 e. The number of nitrogens with one attached hydrogen (secondary N) is 1. The van der Waals surface area contributed by atoms with Crippen molar-refractivity contribution in [3.05, 3.63) is 24.3 Å². The lowest BCUT2D eigenvalue weighted by Crippen LogP contribution is -2.41. The maximum atomic E-state index is 12.4. The zero-order chi connectivity index (χ0) is 19.1. The van der Waals surface area contributed by atoms with E-state index in [2.05, 4.69) is 5.32 Å². The molecule has 3 amide bonds. The van der Waals surface area contributed by atoms with E-state index in [1.165, 1.54) is 0 Å². The van der Waals surface area contributed by atoms with Crippen molar-refractivity contribution in [2.75, 3.05) is 50.0 Å². The third kappa shape index (κ3) is 5.05. The molecule has 1 aliphatic heterocycles. The maximum Gasteiger partial charge on any atom is 0.238 e. The van der Waals surface area contributed by atoms with Gasteiger partial charge in [-0.2, -0.15) is 0 Å². The molecule has 26 heavy (non-hydrogen) atoms. The van der Waals surface area contributed by atoms with Crippen LogP contribution in [0.15, 0.2) is 24.3 Å². The summed E-state index contributed by atoms with van der Waals surface area (Å²) in [7, 11) is 1.75. The van der Waals surface area contributed by atoms with Gasteiger partial charge in [-0.25, -0.2) is 0 Å². The highest BCUT2D eigenvalue weighted by Crippen LogP contribution is 2.29. The van der Waals surface area contributed by atoms with Crippen LogP contribution in [0.2, 0.25) is 0 Å². The average Bonchev–Trinajstić information content (AvgIpc) is 3.02. The number of carbonyl (C=O) groups excluding carboxylic acids is 3. The molecule has 2 rings (SSSR count). The van der Waals surface area contributed by atoms with Crippen LogP contribution in [0.25, 0.3) is 0 Å². The van der Waals surface area contributed by atoms with Crippen LogP contribution in [0.4, 0.5) is 11.4 Å². The van der Waals surface area contributed by atoms with Crippen LogP contribution in [0.3, 0.4) is 0 Å². The molecule has 0 atom stereocenters. The van der Waals surface area contributed by atoms with Crippen molar-refractivity contribution in [3.8, 4) is 0 Å². The number of para-hydroxylation sites is 2. The third-order valence-corrected chi connectivity index (χ3v) is 4.48. The van der Waals surface area contributed by atoms with E-state index in [1.54, 1.807) is 27.8 Å². The lowest BCUT2D eigenvalue weighted by molar-refractivity contribution is -0.132. The standard InChI is InChI=1S/C19H28N4O3/c1-4-22(5-2)19(26)14-21(3)13-17(24)20-15-9-6-7-10-16(15)23-12-8-11-18(23)25/h6-7,9-10H,4-5,8,11-14H2,1-3H3,(H,20,24). The summed E-state index contributed by atoms with van der Waals surface area (Å²) in [6.07, 6.45) is 1.37. The van der Waals surface area contributed by atoms with Crippen LogP contribution in [-0.4, -0.2) is 67.3 Å². The number of nitrogens with zero attached hydrogens (tertiary/aromatic N) is 3. The molecule has 1 saturated heterocycles. The van der Waals surface area contributed by atoms with Gasteiger partial charge in [-0.3, -0.25) is 19.3 Å². The number of rotatable bonds is 8. The number of anilines is 2. The maximum absolute atomic E-state index is 12.4. The minimum Gasteiger partial charge on any atom is -0.342 e. The quantitative estimate of drug-likeness (QED) is 0.763. The van der Waals surface area contributed by atoms with Gasteiger partial charge in [0.25, 0.3) is 0 Å². The van der Waals surface area contributed by atoms with Crippen LogP contribution in [0.5, 0.6) is 0 Å². The molecule has 0 spiro atoms. The van der Waals surface area contributed by atoms with Gasteiger partial charge in [-0.05, 0) is 39.4 Å². The zero-order valence-corrected chi connectivity index (χ0v) is 15.8. The Morgan fingerprint density at radius 3 is 2.46 bits per heavy atom. The van der Waals surface area contributed by atoms with E-state index < -0.39 is 0 Å². The second-order valence-corrected chi connectivity index (χ2v) is 6.45. The monoisotopic (exact) mass is 360 g/mol. The Hall–Kier alpha value is -2.41. The Labute approximate surface area is 154 Å². The molecule has 0 saturated carbocycles. The van der Waals surface area contributed by atoms with Crippen molar-refractivity contribution in [3.63, 3.8) is 0 Å². The van der Waals surface area contributed by atoms with Crippen molar-refractivity contribution in [2.24, 2.45) is 0 Å². The molecular weight excluding hydrogens is 332 g/mol. The lowest BCUT2D eigenvalue weighted by atomic mass is 10.2. The summed E-state index contributed by atoms with van der Waals surface area (Å²) < 4.78 is 0. The van der Waals surface area contributed by atoms with Crippen molar-refractivity contribution in [2.45, 2.75) is 26.7 Å². The Bertz CT molecular complexity index is 658. The van der Waals surface area contributed by atoms with Crippen molar-refractivity contribution >= 4 is 29.1 Å². The highest BCUT2D eigenvalue weighted by Gasteiger charge is 2.24. The van der Waals surface area contributed by atoms with Gasteiger partial charge in [-0.15, -0.1) is 0 Å². The summed E-state index contributed by atoms with van der Waals surface area (Å²) in [6, 6.07) is 7.31. The van der Waals surface area contributed by atoms with E-state index in [0.29, 0.717) is 31.7 Å². The van der Waals surface area contributed by atoms with Crippen LogP contribution in [-0.2, 0) is 14.4 Å². The van der Waals surface area contributed by atoms with Crippen LogP contribution >= 0.6 is 0 Å². The predicted molar refractivity (Wildman–Crippen MR) is 102 cm³/mol. The Morgan fingerprint density at radius 1 is 1.15 bits per heavy atom. The van der Waals surface area contributed by atoms with Gasteiger partial charge in [0, 0.05) is 26.1 Å². The fraction of sp³-hybridized carbons (Fsp3) is 0.526. The molecule has 1 N–H and O–H groups in total. The van der Waals surface area contributed by atoms with Crippen LogP contribution < -0.4 is 10.2 Å². The molecule has 1 heterocycles. The first-order valence-electron chi connectivity index (χ1n) is 9.11. The second kappa shape index (κ2) is 9.33. The molecule has 1 aliphatic rings. The van der Waals surface area contributed by atoms with E-state index in [4.69, 9.17) is 0 Å². The zero-order valence-electron chi connectivity index (χ0n) is 15.8. The fourth-order valence-corrected chi connectivity index (χ4v) is 3.12. The number of amides is 3. The SMILES string of the molecule is CCN(CC)C(=O)CN(C)CC(=O)Nc1ccccc1N1CCCC1=O. The average molecular weight is 360 g/mol. The summed E-state index contributed by atoms with van der Waals surface area (Å²) >= 11 is 0. The molecular formula is C19H28N4O3. The normalized spacial score (nSPS) is 14.0. The summed E-state index contributed by atoms with van der Waals surface area (Å²) in [5.41, 5.74) is 1.35. The molecule has 142 valence electrons. The summed E-state index contributed by atoms with van der Waals surface area (Å²) in [5.74, 6) is -0.124. The predicted octanol–water partition coefficient (Wildman–Crippen LogP) is 1.55. The van der Waals surface area contributed by atoms with E-state index in [-0.39, 0.29) is 30.8 Å². The first-order valence-corrected chi connectivity index (χ1v) is 9.11. The fourth-order valence-electron chi connectivity index (χ4n) is 3.12. The minimum atomic E-state index is -0.209. The molecule has 0 aromatic heterocycles. The first-order chi connectivity index (χ1) is 12.5. The molecule has 0 bridgehead atoms. The molecule has 7 nitrogen and oxygen atoms in total. The summed E-state index contributed by atoms with van der Waals surface area (Å²) in [5, 5.41) is 2.87. The first kappa shape index (κ1) is 19.9. The molecule has 1 aromatic carbocycles. The number of benzene rings is 1. The molecule has 0 aliphatic carbocycles. The highest BCUT2D eigenvalue weighted by molar-refractivity contribution is 6.02. The number of hydrogen-bond acceptors (Lipinski definition) is 4. The number of likely N-dealkylation sites (N-methyl/N-ethyl adjacent to an activating group) is 2. The molecule has 0 unspecified atom stereocenters. The lowest BCUT2D eigenvalue weighted by Gasteiger charge is -2.23.